The lowest BCUT2D eigenvalue weighted by Gasteiger charge is -1.99. The molecule has 0 fully saturated rings. The Bertz CT molecular complexity index is 869. The maximum atomic E-state index is 8.76. The van der Waals surface area contributed by atoms with E-state index in [1.165, 1.54) is 0 Å². The van der Waals surface area contributed by atoms with Gasteiger partial charge in [0.25, 0.3) is 5.89 Å². The van der Waals surface area contributed by atoms with Crippen LogP contribution in [0.3, 0.4) is 0 Å². The van der Waals surface area contributed by atoms with Gasteiger partial charge in [-0.05, 0) is 25.0 Å². The maximum Gasteiger partial charge on any atom is 0.268 e. The van der Waals surface area contributed by atoms with Crippen molar-refractivity contribution in [1.82, 2.24) is 20.2 Å². The minimum absolute atomic E-state index is 0. The highest BCUT2D eigenvalue weighted by atomic mass is 16.4. The van der Waals surface area contributed by atoms with Crippen molar-refractivity contribution in [3.05, 3.63) is 47.9 Å². The average molecular weight is 308 g/mol. The van der Waals surface area contributed by atoms with Gasteiger partial charge in [-0.25, -0.2) is 4.98 Å². The molecule has 0 saturated heterocycles. The van der Waals surface area contributed by atoms with E-state index in [2.05, 4.69) is 32.0 Å². The Morgan fingerprint density at radius 3 is 2.74 bits per heavy atom. The molecule has 2 heterocycles. The van der Waals surface area contributed by atoms with Crippen molar-refractivity contribution in [2.45, 2.75) is 13.3 Å². The standard InChI is InChI=1S/C17H14N4O2.H2/c1-12-15(19-14(11-18-12)9-5-6-10-22)17-21-20-16(23-17)13-7-3-2-4-8-13;/h2-4,7-8,11,22H,6,10H2,1H3;1H. The fraction of sp³-hybridized carbons (Fsp3) is 0.176. The summed E-state index contributed by atoms with van der Waals surface area (Å²) in [5, 5.41) is 16.9. The molecule has 1 N–H and O–H groups in total. The molecule has 0 unspecified atom stereocenters. The van der Waals surface area contributed by atoms with Crippen LogP contribution in [0.1, 0.15) is 19.2 Å². The summed E-state index contributed by atoms with van der Waals surface area (Å²) in [5.41, 5.74) is 2.53. The lowest BCUT2D eigenvalue weighted by atomic mass is 10.2. The molecule has 0 bridgehead atoms. The van der Waals surface area contributed by atoms with Crippen LogP contribution in [0.2, 0.25) is 0 Å². The van der Waals surface area contributed by atoms with E-state index in [9.17, 15) is 0 Å². The number of hydrogen-bond donors (Lipinski definition) is 1. The summed E-state index contributed by atoms with van der Waals surface area (Å²) >= 11 is 0. The van der Waals surface area contributed by atoms with Crippen LogP contribution in [0.5, 0.6) is 0 Å². The molecule has 6 nitrogen and oxygen atoms in total. The topological polar surface area (TPSA) is 84.9 Å². The molecule has 3 aromatic rings. The zero-order valence-corrected chi connectivity index (χ0v) is 12.5. The van der Waals surface area contributed by atoms with Gasteiger partial charge in [0.2, 0.25) is 5.89 Å². The van der Waals surface area contributed by atoms with Crippen LogP contribution >= 0.6 is 0 Å². The Kier molecular flexibility index (Phi) is 4.41. The zero-order valence-electron chi connectivity index (χ0n) is 12.5. The lowest BCUT2D eigenvalue weighted by Crippen LogP contribution is -1.95. The third kappa shape index (κ3) is 3.42. The molecule has 1 aromatic carbocycles. The van der Waals surface area contributed by atoms with E-state index in [1.54, 1.807) is 6.20 Å². The first-order valence-corrected chi connectivity index (χ1v) is 7.10. The van der Waals surface area contributed by atoms with Crippen molar-refractivity contribution in [1.29, 1.82) is 0 Å². The Labute approximate surface area is 134 Å². The number of benzene rings is 1. The highest BCUT2D eigenvalue weighted by Crippen LogP contribution is 2.23. The van der Waals surface area contributed by atoms with Gasteiger partial charge < -0.3 is 9.52 Å². The van der Waals surface area contributed by atoms with Gasteiger partial charge in [0.1, 0.15) is 11.4 Å². The van der Waals surface area contributed by atoms with Gasteiger partial charge >= 0.3 is 0 Å². The third-order valence-electron chi connectivity index (χ3n) is 3.06. The number of rotatable bonds is 3. The minimum atomic E-state index is 0. The van der Waals surface area contributed by atoms with Crippen LogP contribution in [0.4, 0.5) is 0 Å². The average Bonchev–Trinajstić information content (AvgIpc) is 3.07. The molecule has 3 rings (SSSR count). The predicted octanol–water partition coefficient (Wildman–Crippen LogP) is 2.48. The number of aromatic nitrogens is 4. The van der Waals surface area contributed by atoms with E-state index in [-0.39, 0.29) is 8.03 Å². The summed E-state index contributed by atoms with van der Waals surface area (Å²) in [6, 6.07) is 9.52. The Balaban J connectivity index is 0.00000208. The Morgan fingerprint density at radius 1 is 1.17 bits per heavy atom. The highest BCUT2D eigenvalue weighted by Gasteiger charge is 2.15. The monoisotopic (exact) mass is 308 g/mol. The Morgan fingerprint density at radius 2 is 1.96 bits per heavy atom. The quantitative estimate of drug-likeness (QED) is 0.748. The second-order valence-corrected chi connectivity index (χ2v) is 4.74. The van der Waals surface area contributed by atoms with Crippen molar-refractivity contribution in [2.75, 3.05) is 6.61 Å². The summed E-state index contributed by atoms with van der Waals surface area (Å²) in [6.07, 6.45) is 1.97. The van der Waals surface area contributed by atoms with E-state index in [4.69, 9.17) is 9.52 Å². The SMILES string of the molecule is Cc1ncc(C#CCCO)nc1-c1nnc(-c2ccccc2)o1.[HH]. The number of aliphatic hydroxyl groups is 1. The molecule has 2 aromatic heterocycles. The van der Waals surface area contributed by atoms with Gasteiger partial charge in [0, 0.05) is 13.4 Å². The molecular weight excluding hydrogens is 292 g/mol. The van der Waals surface area contributed by atoms with Crippen molar-refractivity contribution in [3.63, 3.8) is 0 Å². The summed E-state index contributed by atoms with van der Waals surface area (Å²) in [6.45, 7) is 1.84. The number of aryl methyl sites for hydroxylation is 1. The normalized spacial score (nSPS) is 10.2. The third-order valence-corrected chi connectivity index (χ3v) is 3.06. The van der Waals surface area contributed by atoms with Gasteiger partial charge in [-0.15, -0.1) is 10.2 Å². The molecule has 0 aliphatic rings. The largest absolute Gasteiger partial charge is 0.415 e. The maximum absolute atomic E-state index is 8.76. The highest BCUT2D eigenvalue weighted by molar-refractivity contribution is 5.56. The van der Waals surface area contributed by atoms with Gasteiger partial charge in [-0.3, -0.25) is 4.98 Å². The molecule has 0 radical (unpaired) electrons. The number of nitrogens with zero attached hydrogens (tertiary/aromatic N) is 4. The van der Waals surface area contributed by atoms with Crippen molar-refractivity contribution in [2.24, 2.45) is 0 Å². The lowest BCUT2D eigenvalue weighted by molar-refractivity contribution is 0.305. The molecule has 23 heavy (non-hydrogen) atoms. The fourth-order valence-corrected chi connectivity index (χ4v) is 1.94. The van der Waals surface area contributed by atoms with Crippen LogP contribution < -0.4 is 0 Å². The summed E-state index contributed by atoms with van der Waals surface area (Å²) in [7, 11) is 0. The van der Waals surface area contributed by atoms with Crippen LogP contribution in [-0.2, 0) is 0 Å². The van der Waals surface area contributed by atoms with E-state index >= 15 is 0 Å². The van der Waals surface area contributed by atoms with E-state index in [1.807, 2.05) is 37.3 Å². The fourth-order valence-electron chi connectivity index (χ4n) is 1.94. The molecule has 6 heteroatoms. The smallest absolute Gasteiger partial charge is 0.268 e. The minimum Gasteiger partial charge on any atom is -0.415 e. The van der Waals surface area contributed by atoms with Gasteiger partial charge in [0.15, 0.2) is 0 Å². The Hall–Kier alpha value is -3.04. The molecule has 116 valence electrons. The second-order valence-electron chi connectivity index (χ2n) is 4.74. The molecule has 0 amide bonds. The van der Waals surface area contributed by atoms with Crippen molar-refractivity contribution in [3.8, 4) is 34.9 Å². The van der Waals surface area contributed by atoms with Crippen molar-refractivity contribution < 1.29 is 11.0 Å². The first-order valence-electron chi connectivity index (χ1n) is 7.10. The van der Waals surface area contributed by atoms with Gasteiger partial charge in [-0.1, -0.05) is 24.1 Å². The van der Waals surface area contributed by atoms with Crippen LogP contribution in [0, 0.1) is 18.8 Å². The molecule has 0 aliphatic carbocycles. The van der Waals surface area contributed by atoms with E-state index in [0.717, 1.165) is 5.56 Å². The van der Waals surface area contributed by atoms with E-state index in [0.29, 0.717) is 35.3 Å². The summed E-state index contributed by atoms with van der Waals surface area (Å²) in [4.78, 5) is 8.67. The van der Waals surface area contributed by atoms with Gasteiger partial charge in [-0.2, -0.15) is 0 Å². The van der Waals surface area contributed by atoms with Crippen molar-refractivity contribution >= 4 is 0 Å². The molecule has 0 aliphatic heterocycles. The van der Waals surface area contributed by atoms with Crippen LogP contribution in [0.25, 0.3) is 23.0 Å². The molecular formula is C17H16N4O2. The summed E-state index contributed by atoms with van der Waals surface area (Å²) in [5.74, 6) is 6.39. The van der Waals surface area contributed by atoms with Crippen LogP contribution in [0.15, 0.2) is 40.9 Å². The van der Waals surface area contributed by atoms with Crippen LogP contribution in [-0.4, -0.2) is 31.9 Å². The van der Waals surface area contributed by atoms with E-state index < -0.39 is 0 Å². The first kappa shape index (κ1) is 14.9. The van der Waals surface area contributed by atoms with Gasteiger partial charge in [0.05, 0.1) is 18.5 Å². The second kappa shape index (κ2) is 6.81. The number of aliphatic hydroxyl groups excluding tert-OH is 1. The first-order chi connectivity index (χ1) is 11.3. The molecule has 0 saturated carbocycles. The molecule has 0 atom stereocenters. The molecule has 0 spiro atoms. The summed E-state index contributed by atoms with van der Waals surface area (Å²) < 4.78 is 5.70. The predicted molar refractivity (Wildman–Crippen MR) is 86.2 cm³/mol. The number of hydrogen-bond acceptors (Lipinski definition) is 6. The zero-order chi connectivity index (χ0) is 16.1.